The van der Waals surface area contributed by atoms with Gasteiger partial charge in [-0.2, -0.15) is 0 Å². The lowest BCUT2D eigenvalue weighted by Gasteiger charge is -2.42. The fraction of sp³-hybridized carbons (Fsp3) is 0.667. The first-order valence-electron chi connectivity index (χ1n) is 10.1. The molecule has 2 aliphatic rings. The van der Waals surface area contributed by atoms with E-state index in [1.54, 1.807) is 31.1 Å². The second kappa shape index (κ2) is 8.76. The van der Waals surface area contributed by atoms with Crippen LogP contribution < -0.4 is 4.90 Å². The molecule has 3 rings (SSSR count). The van der Waals surface area contributed by atoms with Crippen LogP contribution in [0.3, 0.4) is 0 Å². The molecule has 7 heteroatoms. The molecule has 0 aliphatic carbocycles. The van der Waals surface area contributed by atoms with Crippen LogP contribution in [-0.4, -0.2) is 98.3 Å². The predicted octanol–water partition coefficient (Wildman–Crippen LogP) is 1.11. The lowest BCUT2D eigenvalue weighted by molar-refractivity contribution is -0.134. The van der Waals surface area contributed by atoms with Crippen LogP contribution in [-0.2, 0) is 4.79 Å². The molecule has 1 aromatic carbocycles. The Morgan fingerprint density at radius 1 is 1.18 bits per heavy atom. The van der Waals surface area contributed by atoms with Gasteiger partial charge in [0.25, 0.3) is 0 Å². The summed E-state index contributed by atoms with van der Waals surface area (Å²) in [5, 5.41) is 11.2. The molecule has 6 nitrogen and oxygen atoms in total. The monoisotopic (exact) mass is 392 g/mol. The van der Waals surface area contributed by atoms with Crippen LogP contribution in [0.15, 0.2) is 24.3 Å². The average Bonchev–Trinajstić information content (AvgIpc) is 2.83. The molecule has 2 aliphatic heterocycles. The summed E-state index contributed by atoms with van der Waals surface area (Å²) in [6.45, 7) is 4.95. The number of carbonyl (C=O) groups is 1. The zero-order valence-electron chi connectivity index (χ0n) is 17.3. The van der Waals surface area contributed by atoms with Crippen molar-refractivity contribution in [2.75, 3.05) is 71.9 Å². The summed E-state index contributed by atoms with van der Waals surface area (Å²) in [6, 6.07) is 6.81. The Labute approximate surface area is 167 Å². The van der Waals surface area contributed by atoms with E-state index >= 15 is 0 Å². The molecule has 1 N–H and O–H groups in total. The summed E-state index contributed by atoms with van der Waals surface area (Å²) in [7, 11) is 5.63. The molecule has 1 aromatic rings. The number of aliphatic hydroxyl groups is 1. The van der Waals surface area contributed by atoms with E-state index in [4.69, 9.17) is 0 Å². The third-order valence-corrected chi connectivity index (χ3v) is 6.00. The normalized spacial score (nSPS) is 24.0. The molecule has 0 spiro atoms. The van der Waals surface area contributed by atoms with Gasteiger partial charge in [0.05, 0.1) is 17.2 Å². The summed E-state index contributed by atoms with van der Waals surface area (Å²) >= 11 is 0. The standard InChI is InChI=1S/C21H33FN4O2/c1-23(2)20(27)17-14-24(3)12-13-25(15-17)16-21(28)8-10-26(11-9-21)19-7-5-4-6-18(19)22/h4-7,17,28H,8-16H2,1-3H3/t17-/m1/s1. The molecule has 156 valence electrons. The molecule has 1 amide bonds. The smallest absolute Gasteiger partial charge is 0.227 e. The molecule has 0 saturated carbocycles. The summed E-state index contributed by atoms with van der Waals surface area (Å²) in [5.41, 5.74) is -0.186. The molecular weight excluding hydrogens is 359 g/mol. The van der Waals surface area contributed by atoms with Gasteiger partial charge >= 0.3 is 0 Å². The molecule has 0 radical (unpaired) electrons. The number of hydrogen-bond acceptors (Lipinski definition) is 5. The van der Waals surface area contributed by atoms with E-state index in [0.29, 0.717) is 44.7 Å². The van der Waals surface area contributed by atoms with Crippen molar-refractivity contribution in [3.8, 4) is 0 Å². The van der Waals surface area contributed by atoms with E-state index in [-0.39, 0.29) is 17.6 Å². The van der Waals surface area contributed by atoms with Gasteiger partial charge in [0.1, 0.15) is 5.82 Å². The highest BCUT2D eigenvalue weighted by Gasteiger charge is 2.37. The molecule has 2 saturated heterocycles. The highest BCUT2D eigenvalue weighted by Crippen LogP contribution is 2.29. The Hall–Kier alpha value is -1.70. The van der Waals surface area contributed by atoms with Gasteiger partial charge in [-0.15, -0.1) is 0 Å². The number of nitrogens with zero attached hydrogens (tertiary/aromatic N) is 4. The van der Waals surface area contributed by atoms with Crippen LogP contribution >= 0.6 is 0 Å². The molecule has 2 fully saturated rings. The van der Waals surface area contributed by atoms with E-state index in [2.05, 4.69) is 9.80 Å². The van der Waals surface area contributed by atoms with Gasteiger partial charge in [0.2, 0.25) is 5.91 Å². The Morgan fingerprint density at radius 3 is 2.50 bits per heavy atom. The molecule has 1 atom stereocenters. The number of benzene rings is 1. The average molecular weight is 393 g/mol. The van der Waals surface area contributed by atoms with Crippen molar-refractivity contribution < 1.29 is 14.3 Å². The summed E-state index contributed by atoms with van der Waals surface area (Å²) in [6.07, 6.45) is 1.19. The van der Waals surface area contributed by atoms with E-state index in [0.717, 1.165) is 19.6 Å². The second-order valence-corrected chi connectivity index (χ2v) is 8.59. The summed E-state index contributed by atoms with van der Waals surface area (Å²) < 4.78 is 14.1. The molecule has 28 heavy (non-hydrogen) atoms. The third kappa shape index (κ3) is 5.01. The first-order valence-corrected chi connectivity index (χ1v) is 10.1. The number of carbonyl (C=O) groups excluding carboxylic acids is 1. The van der Waals surface area contributed by atoms with Crippen molar-refractivity contribution in [1.82, 2.24) is 14.7 Å². The number of amides is 1. The third-order valence-electron chi connectivity index (χ3n) is 6.00. The summed E-state index contributed by atoms with van der Waals surface area (Å²) in [4.78, 5) is 20.6. The van der Waals surface area contributed by atoms with Crippen molar-refractivity contribution in [3.63, 3.8) is 0 Å². The van der Waals surface area contributed by atoms with Gasteiger partial charge in [-0.05, 0) is 32.0 Å². The number of likely N-dealkylation sites (N-methyl/N-ethyl adjacent to an activating group) is 1. The number of piperidine rings is 1. The van der Waals surface area contributed by atoms with Crippen LogP contribution in [0.2, 0.25) is 0 Å². The number of hydrogen-bond donors (Lipinski definition) is 1. The fourth-order valence-electron chi connectivity index (χ4n) is 4.35. The first kappa shape index (κ1) is 21.0. The number of halogens is 1. The van der Waals surface area contributed by atoms with Crippen molar-refractivity contribution in [3.05, 3.63) is 30.1 Å². The zero-order chi connectivity index (χ0) is 20.3. The maximum absolute atomic E-state index is 14.1. The largest absolute Gasteiger partial charge is 0.388 e. The SMILES string of the molecule is CN1CCN(CC2(O)CCN(c3ccccc3F)CC2)C[C@H](C(=O)N(C)C)C1. The first-order chi connectivity index (χ1) is 13.3. The van der Waals surface area contributed by atoms with Gasteiger partial charge in [0.15, 0.2) is 0 Å². The molecule has 0 bridgehead atoms. The van der Waals surface area contributed by atoms with Crippen LogP contribution in [0.1, 0.15) is 12.8 Å². The van der Waals surface area contributed by atoms with Crippen molar-refractivity contribution in [1.29, 1.82) is 0 Å². The second-order valence-electron chi connectivity index (χ2n) is 8.59. The summed E-state index contributed by atoms with van der Waals surface area (Å²) in [5.74, 6) is -0.154. The van der Waals surface area contributed by atoms with E-state index < -0.39 is 5.60 Å². The van der Waals surface area contributed by atoms with Gasteiger partial charge in [-0.1, -0.05) is 12.1 Å². The van der Waals surface area contributed by atoms with E-state index in [9.17, 15) is 14.3 Å². The van der Waals surface area contributed by atoms with Gasteiger partial charge in [0, 0.05) is 59.9 Å². The van der Waals surface area contributed by atoms with E-state index in [1.165, 1.54) is 6.07 Å². The maximum Gasteiger partial charge on any atom is 0.227 e. The van der Waals surface area contributed by atoms with Crippen LogP contribution in [0.4, 0.5) is 10.1 Å². The van der Waals surface area contributed by atoms with Crippen molar-refractivity contribution in [2.45, 2.75) is 18.4 Å². The van der Waals surface area contributed by atoms with Crippen LogP contribution in [0, 0.1) is 11.7 Å². The lowest BCUT2D eigenvalue weighted by Crippen LogP contribution is -2.52. The minimum atomic E-state index is -0.795. The quantitative estimate of drug-likeness (QED) is 0.832. The zero-order valence-corrected chi connectivity index (χ0v) is 17.3. The highest BCUT2D eigenvalue weighted by molar-refractivity contribution is 5.78. The number of rotatable bonds is 4. The van der Waals surface area contributed by atoms with E-state index in [1.807, 2.05) is 18.0 Å². The molecule has 2 heterocycles. The van der Waals surface area contributed by atoms with Crippen molar-refractivity contribution >= 4 is 11.6 Å². The Balaban J connectivity index is 1.61. The molecular formula is C21H33FN4O2. The number of para-hydroxylation sites is 1. The molecule has 0 aromatic heterocycles. The molecule has 0 unspecified atom stereocenters. The Kier molecular flexibility index (Phi) is 6.58. The Morgan fingerprint density at radius 2 is 1.86 bits per heavy atom. The Bertz CT molecular complexity index is 676. The number of β-amino-alcohol motifs (C(OH)–C–C–N with tert-alkyl or cyclic N) is 1. The number of anilines is 1. The van der Waals surface area contributed by atoms with Gasteiger partial charge in [-0.25, -0.2) is 4.39 Å². The highest BCUT2D eigenvalue weighted by atomic mass is 19.1. The van der Waals surface area contributed by atoms with Gasteiger partial charge in [-0.3, -0.25) is 9.69 Å². The topological polar surface area (TPSA) is 50.3 Å². The predicted molar refractivity (Wildman–Crippen MR) is 109 cm³/mol. The van der Waals surface area contributed by atoms with Crippen LogP contribution in [0.25, 0.3) is 0 Å². The van der Waals surface area contributed by atoms with Crippen molar-refractivity contribution in [2.24, 2.45) is 5.92 Å². The maximum atomic E-state index is 14.1. The minimum Gasteiger partial charge on any atom is -0.388 e. The fourth-order valence-corrected chi connectivity index (χ4v) is 4.35. The van der Waals surface area contributed by atoms with Gasteiger partial charge < -0.3 is 19.8 Å². The lowest BCUT2D eigenvalue weighted by atomic mass is 9.90. The van der Waals surface area contributed by atoms with Crippen LogP contribution in [0.5, 0.6) is 0 Å². The minimum absolute atomic E-state index is 0.0791.